The Kier molecular flexibility index (Phi) is 13.7. The van der Waals surface area contributed by atoms with Crippen LogP contribution in [0.4, 0.5) is 0 Å². The van der Waals surface area contributed by atoms with Gasteiger partial charge in [-0.1, -0.05) is 79.1 Å². The first-order chi connectivity index (χ1) is 24.2. The molecule has 4 aromatic rings. The summed E-state index contributed by atoms with van der Waals surface area (Å²) < 4.78 is 45.9. The molecule has 3 N–H and O–H groups in total. The summed E-state index contributed by atoms with van der Waals surface area (Å²) >= 11 is 0. The van der Waals surface area contributed by atoms with Gasteiger partial charge in [0.1, 0.15) is 12.1 Å². The predicted octanol–water partition coefficient (Wildman–Crippen LogP) is 4.07. The maximum Gasteiger partial charge on any atom is 0.286 e. The highest BCUT2D eigenvalue weighted by Gasteiger charge is 2.33. The SMILES string of the molecule is COCC(NC(=O)C(COCc1cc(C)cc(C)c1)NS(=O)(=O)c1ccc(C)cc1)C(=O)NC(CC(C)C)C(=O)c1nnc(-c2ccccc2)o1. The first-order valence-corrected chi connectivity index (χ1v) is 18.0. The number of rotatable bonds is 18. The molecule has 51 heavy (non-hydrogen) atoms. The highest BCUT2D eigenvalue weighted by Crippen LogP contribution is 2.19. The number of nitrogens with zero attached hydrogens (tertiary/aromatic N) is 2. The van der Waals surface area contributed by atoms with E-state index in [1.807, 2.05) is 58.9 Å². The quantitative estimate of drug-likeness (QED) is 0.127. The molecule has 0 aliphatic rings. The van der Waals surface area contributed by atoms with Crippen LogP contribution in [0.15, 0.2) is 82.1 Å². The largest absolute Gasteiger partial charge is 0.414 e. The average molecular weight is 720 g/mol. The van der Waals surface area contributed by atoms with Gasteiger partial charge < -0.3 is 24.5 Å². The van der Waals surface area contributed by atoms with E-state index in [-0.39, 0.29) is 48.8 Å². The van der Waals surface area contributed by atoms with Gasteiger partial charge >= 0.3 is 0 Å². The molecule has 0 fully saturated rings. The zero-order chi connectivity index (χ0) is 37.1. The van der Waals surface area contributed by atoms with Gasteiger partial charge in [0.05, 0.1) is 30.8 Å². The van der Waals surface area contributed by atoms with Gasteiger partial charge in [0.25, 0.3) is 5.89 Å². The molecule has 2 amide bonds. The summed E-state index contributed by atoms with van der Waals surface area (Å²) in [6, 6.07) is 17.2. The van der Waals surface area contributed by atoms with Crippen LogP contribution in [-0.4, -0.2) is 74.7 Å². The number of methoxy groups -OCH3 is 1. The average Bonchev–Trinajstić information content (AvgIpc) is 3.57. The second kappa shape index (κ2) is 17.9. The number of carbonyl (C=O) groups excluding carboxylic acids is 3. The standard InChI is InChI=1S/C37H45N5O8S/c1-23(2)16-30(33(43)37-41-40-36(50-37)28-10-8-7-9-11-28)38-34(44)31(21-48-6)39-35(45)32(22-49-20-27-18-25(4)17-26(5)19-27)42-51(46,47)29-14-12-24(3)13-15-29/h7-15,17-19,23,30-32,42H,16,20-22H2,1-6H3,(H,38,44)(H,39,45). The second-order valence-electron chi connectivity index (χ2n) is 12.8. The summed E-state index contributed by atoms with van der Waals surface area (Å²) in [5.74, 6) is -2.32. The van der Waals surface area contributed by atoms with E-state index in [1.54, 1.807) is 36.4 Å². The maximum absolute atomic E-state index is 13.7. The van der Waals surface area contributed by atoms with Crippen molar-refractivity contribution < 1.29 is 36.7 Å². The molecule has 0 saturated heterocycles. The van der Waals surface area contributed by atoms with Crippen LogP contribution in [0.25, 0.3) is 11.5 Å². The van der Waals surface area contributed by atoms with Crippen molar-refractivity contribution in [1.82, 2.24) is 25.6 Å². The molecule has 3 unspecified atom stereocenters. The fourth-order valence-electron chi connectivity index (χ4n) is 5.35. The van der Waals surface area contributed by atoms with Crippen molar-refractivity contribution in [1.29, 1.82) is 0 Å². The molecule has 0 spiro atoms. The first-order valence-electron chi connectivity index (χ1n) is 16.5. The van der Waals surface area contributed by atoms with Crippen LogP contribution in [0.2, 0.25) is 0 Å². The molecule has 0 saturated carbocycles. The van der Waals surface area contributed by atoms with Crippen LogP contribution in [0, 0.1) is 26.7 Å². The van der Waals surface area contributed by atoms with Crippen molar-refractivity contribution in [2.45, 2.75) is 70.7 Å². The van der Waals surface area contributed by atoms with Gasteiger partial charge in [-0.2, -0.15) is 4.72 Å². The molecule has 1 heterocycles. The molecule has 3 aromatic carbocycles. The Morgan fingerprint density at radius 3 is 2.04 bits per heavy atom. The molecule has 3 atom stereocenters. The van der Waals surface area contributed by atoms with Crippen molar-refractivity contribution in [3.05, 3.63) is 101 Å². The Morgan fingerprint density at radius 2 is 1.41 bits per heavy atom. The summed E-state index contributed by atoms with van der Waals surface area (Å²) in [7, 11) is -2.84. The molecule has 13 nitrogen and oxygen atoms in total. The number of aromatic nitrogens is 2. The number of nitrogens with one attached hydrogen (secondary N) is 3. The van der Waals surface area contributed by atoms with Crippen molar-refractivity contribution in [2.24, 2.45) is 5.92 Å². The Labute approximate surface area is 298 Å². The van der Waals surface area contributed by atoms with Crippen molar-refractivity contribution in [3.8, 4) is 11.5 Å². The number of aryl methyl sites for hydroxylation is 3. The lowest BCUT2D eigenvalue weighted by molar-refractivity contribution is -0.132. The minimum atomic E-state index is -4.18. The van der Waals surface area contributed by atoms with E-state index in [1.165, 1.54) is 19.2 Å². The van der Waals surface area contributed by atoms with Gasteiger partial charge in [-0.25, -0.2) is 8.42 Å². The number of hydrogen-bond donors (Lipinski definition) is 3. The number of amides is 2. The lowest BCUT2D eigenvalue weighted by atomic mass is 9.99. The predicted molar refractivity (Wildman–Crippen MR) is 190 cm³/mol. The lowest BCUT2D eigenvalue weighted by Crippen LogP contribution is -2.58. The molecule has 272 valence electrons. The minimum absolute atomic E-state index is 0.0267. The summed E-state index contributed by atoms with van der Waals surface area (Å²) in [4.78, 5) is 40.9. The molecule has 0 bridgehead atoms. The summed E-state index contributed by atoms with van der Waals surface area (Å²) in [6.45, 7) is 8.98. The van der Waals surface area contributed by atoms with E-state index in [0.29, 0.717) is 5.56 Å². The zero-order valence-corrected chi connectivity index (χ0v) is 30.5. The van der Waals surface area contributed by atoms with Crippen LogP contribution < -0.4 is 15.4 Å². The third-order valence-corrected chi connectivity index (χ3v) is 9.23. The number of sulfonamides is 1. The second-order valence-corrected chi connectivity index (χ2v) is 14.6. The third kappa shape index (κ3) is 11.4. The third-order valence-electron chi connectivity index (χ3n) is 7.74. The maximum atomic E-state index is 13.7. The van der Waals surface area contributed by atoms with Crippen molar-refractivity contribution in [3.63, 3.8) is 0 Å². The topological polar surface area (TPSA) is 179 Å². The summed E-state index contributed by atoms with van der Waals surface area (Å²) in [5.41, 5.74) is 4.39. The Bertz CT molecular complexity index is 1880. The highest BCUT2D eigenvalue weighted by atomic mass is 32.2. The van der Waals surface area contributed by atoms with Crippen LogP contribution >= 0.6 is 0 Å². The lowest BCUT2D eigenvalue weighted by Gasteiger charge is -2.25. The number of ketones is 1. The van der Waals surface area contributed by atoms with Crippen LogP contribution in [-0.2, 0) is 35.7 Å². The fraction of sp³-hybridized carbons (Fsp3) is 0.378. The molecule has 0 radical (unpaired) electrons. The van der Waals surface area contributed by atoms with Gasteiger partial charge in [-0.15, -0.1) is 10.2 Å². The van der Waals surface area contributed by atoms with Gasteiger partial charge in [0, 0.05) is 12.7 Å². The van der Waals surface area contributed by atoms with Gasteiger partial charge in [-0.3, -0.25) is 14.4 Å². The Hall–Kier alpha value is -4.76. The normalized spacial score (nSPS) is 13.4. The number of carbonyl (C=O) groups is 3. The molecule has 14 heteroatoms. The first kappa shape index (κ1) is 39.0. The summed E-state index contributed by atoms with van der Waals surface area (Å²) in [6.07, 6.45) is 0.229. The van der Waals surface area contributed by atoms with E-state index < -0.39 is 45.7 Å². The van der Waals surface area contributed by atoms with Crippen molar-refractivity contribution >= 4 is 27.6 Å². The number of benzene rings is 3. The van der Waals surface area contributed by atoms with Crippen molar-refractivity contribution in [2.75, 3.05) is 20.3 Å². The fourth-order valence-corrected chi connectivity index (χ4v) is 6.53. The molecule has 0 aliphatic heterocycles. The zero-order valence-electron chi connectivity index (χ0n) is 29.6. The number of ether oxygens (including phenoxy) is 2. The Balaban J connectivity index is 1.52. The van der Waals surface area contributed by atoms with Gasteiger partial charge in [0.15, 0.2) is 0 Å². The molecule has 0 aliphatic carbocycles. The van der Waals surface area contributed by atoms with Crippen LogP contribution in [0.3, 0.4) is 0 Å². The molecule has 1 aromatic heterocycles. The smallest absolute Gasteiger partial charge is 0.286 e. The van der Waals surface area contributed by atoms with E-state index in [2.05, 4.69) is 25.6 Å². The number of hydrogen-bond acceptors (Lipinski definition) is 10. The molecular formula is C37H45N5O8S. The monoisotopic (exact) mass is 719 g/mol. The summed E-state index contributed by atoms with van der Waals surface area (Å²) in [5, 5.41) is 13.2. The van der Waals surface area contributed by atoms with E-state index >= 15 is 0 Å². The molecule has 4 rings (SSSR count). The van der Waals surface area contributed by atoms with Crippen LogP contribution in [0.1, 0.15) is 53.2 Å². The number of Topliss-reactive ketones (excluding diaryl/α,β-unsaturated/α-hetero) is 1. The van der Waals surface area contributed by atoms with Gasteiger partial charge in [-0.05, 0) is 62.9 Å². The van der Waals surface area contributed by atoms with Crippen LogP contribution in [0.5, 0.6) is 0 Å². The minimum Gasteiger partial charge on any atom is -0.414 e. The highest BCUT2D eigenvalue weighted by molar-refractivity contribution is 7.89. The van der Waals surface area contributed by atoms with E-state index in [9.17, 15) is 22.8 Å². The van der Waals surface area contributed by atoms with E-state index in [4.69, 9.17) is 13.9 Å². The van der Waals surface area contributed by atoms with E-state index in [0.717, 1.165) is 22.3 Å². The Morgan fingerprint density at radius 1 is 0.784 bits per heavy atom. The van der Waals surface area contributed by atoms with Gasteiger partial charge in [0.2, 0.25) is 33.5 Å². The molecular weight excluding hydrogens is 675 g/mol.